The van der Waals surface area contributed by atoms with E-state index in [1.807, 2.05) is 18.2 Å². The SMILES string of the molecule is COc1ccc(Br)cc1/C=N\NC(=O)CN(c1ccc(C(C)C)cc1)S(C)(=O)=O. The van der Waals surface area contributed by atoms with E-state index in [-0.39, 0.29) is 6.54 Å². The molecule has 7 nitrogen and oxygen atoms in total. The summed E-state index contributed by atoms with van der Waals surface area (Å²) in [6, 6.07) is 12.5. The van der Waals surface area contributed by atoms with Crippen molar-refractivity contribution in [3.63, 3.8) is 0 Å². The first kappa shape index (κ1) is 22.9. The lowest BCUT2D eigenvalue weighted by molar-refractivity contribution is -0.119. The summed E-state index contributed by atoms with van der Waals surface area (Å²) >= 11 is 3.36. The van der Waals surface area contributed by atoms with Crippen LogP contribution in [0.25, 0.3) is 0 Å². The van der Waals surface area contributed by atoms with Crippen LogP contribution in [0.3, 0.4) is 0 Å². The van der Waals surface area contributed by atoms with Crippen LogP contribution in [0.4, 0.5) is 5.69 Å². The van der Waals surface area contributed by atoms with E-state index in [0.717, 1.165) is 20.6 Å². The number of halogens is 1. The molecule has 0 spiro atoms. The number of carbonyl (C=O) groups is 1. The van der Waals surface area contributed by atoms with E-state index in [9.17, 15) is 13.2 Å². The first-order valence-electron chi connectivity index (χ1n) is 8.85. The quantitative estimate of drug-likeness (QED) is 0.461. The van der Waals surface area contributed by atoms with Gasteiger partial charge < -0.3 is 4.74 Å². The monoisotopic (exact) mass is 481 g/mol. The minimum Gasteiger partial charge on any atom is -0.496 e. The standard InChI is InChI=1S/C20H24BrN3O4S/c1-14(2)15-5-8-18(9-6-15)24(29(4,26)27)13-20(25)23-22-12-16-11-17(21)7-10-19(16)28-3/h5-12,14H,13H2,1-4H3,(H,23,25)/b22-12-. The van der Waals surface area contributed by atoms with Crippen molar-refractivity contribution in [2.45, 2.75) is 19.8 Å². The number of methoxy groups -OCH3 is 1. The van der Waals surface area contributed by atoms with Gasteiger partial charge >= 0.3 is 0 Å². The summed E-state index contributed by atoms with van der Waals surface area (Å²) in [6.45, 7) is 3.72. The van der Waals surface area contributed by atoms with Crippen LogP contribution in [0.15, 0.2) is 52.0 Å². The molecule has 9 heteroatoms. The molecule has 2 aromatic rings. The summed E-state index contributed by atoms with van der Waals surface area (Å²) in [5.41, 5.74) is 4.52. The van der Waals surface area contributed by atoms with Gasteiger partial charge in [0, 0.05) is 10.0 Å². The van der Waals surface area contributed by atoms with E-state index < -0.39 is 15.9 Å². The van der Waals surface area contributed by atoms with E-state index in [1.165, 1.54) is 13.3 Å². The molecule has 0 saturated carbocycles. The van der Waals surface area contributed by atoms with Crippen LogP contribution in [0, 0.1) is 0 Å². The number of carbonyl (C=O) groups excluding carboxylic acids is 1. The Hall–Kier alpha value is -2.39. The van der Waals surface area contributed by atoms with Crippen LogP contribution in [-0.4, -0.2) is 40.4 Å². The fourth-order valence-electron chi connectivity index (χ4n) is 2.57. The zero-order chi connectivity index (χ0) is 21.6. The Kier molecular flexibility index (Phi) is 7.80. The number of ether oxygens (including phenoxy) is 1. The lowest BCUT2D eigenvalue weighted by Crippen LogP contribution is -2.39. The van der Waals surface area contributed by atoms with Crippen LogP contribution in [0.1, 0.15) is 30.9 Å². The Morgan fingerprint density at radius 2 is 1.90 bits per heavy atom. The largest absolute Gasteiger partial charge is 0.496 e. The highest BCUT2D eigenvalue weighted by Gasteiger charge is 2.20. The number of hydrazone groups is 1. The molecule has 156 valence electrons. The minimum absolute atomic E-state index is 0.323. The van der Waals surface area contributed by atoms with Crippen molar-refractivity contribution >= 4 is 43.8 Å². The van der Waals surface area contributed by atoms with Gasteiger partial charge in [-0.3, -0.25) is 9.10 Å². The van der Waals surface area contributed by atoms with Crippen molar-refractivity contribution in [2.24, 2.45) is 5.10 Å². The molecule has 0 saturated heterocycles. The summed E-state index contributed by atoms with van der Waals surface area (Å²) in [6.07, 6.45) is 2.50. The molecule has 0 fully saturated rings. The Morgan fingerprint density at radius 3 is 2.45 bits per heavy atom. The van der Waals surface area contributed by atoms with E-state index in [4.69, 9.17) is 4.74 Å². The zero-order valence-electron chi connectivity index (χ0n) is 16.7. The fourth-order valence-corrected chi connectivity index (χ4v) is 3.81. The Morgan fingerprint density at radius 1 is 1.24 bits per heavy atom. The highest BCUT2D eigenvalue weighted by Crippen LogP contribution is 2.22. The second-order valence-corrected chi connectivity index (χ2v) is 9.52. The van der Waals surface area contributed by atoms with Crippen molar-refractivity contribution in [3.05, 3.63) is 58.1 Å². The van der Waals surface area contributed by atoms with Crippen molar-refractivity contribution < 1.29 is 17.9 Å². The van der Waals surface area contributed by atoms with E-state index in [1.54, 1.807) is 24.3 Å². The lowest BCUT2D eigenvalue weighted by Gasteiger charge is -2.21. The zero-order valence-corrected chi connectivity index (χ0v) is 19.1. The molecule has 0 radical (unpaired) electrons. The number of hydrogen-bond donors (Lipinski definition) is 1. The molecule has 0 unspecified atom stereocenters. The minimum atomic E-state index is -3.65. The summed E-state index contributed by atoms with van der Waals surface area (Å²) in [4.78, 5) is 12.3. The van der Waals surface area contributed by atoms with Crippen LogP contribution < -0.4 is 14.5 Å². The third-order valence-electron chi connectivity index (χ3n) is 4.12. The van der Waals surface area contributed by atoms with Crippen molar-refractivity contribution in [3.8, 4) is 5.75 Å². The summed E-state index contributed by atoms with van der Waals surface area (Å²) in [7, 11) is -2.11. The summed E-state index contributed by atoms with van der Waals surface area (Å²) in [5, 5.41) is 3.91. The number of nitrogens with zero attached hydrogens (tertiary/aromatic N) is 2. The van der Waals surface area contributed by atoms with Gasteiger partial charge in [-0.2, -0.15) is 5.10 Å². The molecule has 29 heavy (non-hydrogen) atoms. The second-order valence-electron chi connectivity index (χ2n) is 6.70. The van der Waals surface area contributed by atoms with Crippen LogP contribution >= 0.6 is 15.9 Å². The maximum atomic E-state index is 12.3. The Balaban J connectivity index is 2.12. The highest BCUT2D eigenvalue weighted by molar-refractivity contribution is 9.10. The maximum Gasteiger partial charge on any atom is 0.260 e. The van der Waals surface area contributed by atoms with Crippen molar-refractivity contribution in [1.29, 1.82) is 0 Å². The number of anilines is 1. The Bertz CT molecular complexity index is 989. The molecule has 1 amide bonds. The molecule has 0 heterocycles. The molecular formula is C20H24BrN3O4S. The lowest BCUT2D eigenvalue weighted by atomic mass is 10.0. The van der Waals surface area contributed by atoms with Crippen molar-refractivity contribution in [2.75, 3.05) is 24.2 Å². The first-order chi connectivity index (χ1) is 13.6. The van der Waals surface area contributed by atoms with Gasteiger partial charge in [0.05, 0.1) is 25.3 Å². The van der Waals surface area contributed by atoms with Gasteiger partial charge in [-0.25, -0.2) is 13.8 Å². The van der Waals surface area contributed by atoms with E-state index in [2.05, 4.69) is 40.3 Å². The molecule has 0 aliphatic heterocycles. The fraction of sp³-hybridized carbons (Fsp3) is 0.300. The van der Waals surface area contributed by atoms with Gasteiger partial charge in [-0.15, -0.1) is 0 Å². The molecule has 0 aliphatic rings. The summed E-state index contributed by atoms with van der Waals surface area (Å²) < 4.78 is 31.5. The molecule has 0 aromatic heterocycles. The predicted molar refractivity (Wildman–Crippen MR) is 119 cm³/mol. The molecular weight excluding hydrogens is 458 g/mol. The summed E-state index contributed by atoms with van der Waals surface area (Å²) in [5.74, 6) is 0.353. The van der Waals surface area contributed by atoms with Gasteiger partial charge in [0.15, 0.2) is 0 Å². The van der Waals surface area contributed by atoms with Crippen molar-refractivity contribution in [1.82, 2.24) is 5.43 Å². The number of rotatable bonds is 8. The third-order valence-corrected chi connectivity index (χ3v) is 5.75. The van der Waals surface area contributed by atoms with Gasteiger partial charge in [0.2, 0.25) is 10.0 Å². The number of sulfonamides is 1. The topological polar surface area (TPSA) is 88.1 Å². The number of amides is 1. The van der Waals surface area contributed by atoms with Crippen LogP contribution in [-0.2, 0) is 14.8 Å². The van der Waals surface area contributed by atoms with Crippen LogP contribution in [0.5, 0.6) is 5.75 Å². The number of nitrogens with one attached hydrogen (secondary N) is 1. The second kappa shape index (κ2) is 9.89. The molecule has 1 N–H and O–H groups in total. The van der Waals surface area contributed by atoms with Gasteiger partial charge in [-0.1, -0.05) is 41.9 Å². The highest BCUT2D eigenvalue weighted by atomic mass is 79.9. The molecule has 2 rings (SSSR count). The smallest absolute Gasteiger partial charge is 0.260 e. The maximum absolute atomic E-state index is 12.3. The Labute approximate surface area is 179 Å². The van der Waals surface area contributed by atoms with E-state index >= 15 is 0 Å². The van der Waals surface area contributed by atoms with Gasteiger partial charge in [0.1, 0.15) is 12.3 Å². The molecule has 2 aromatic carbocycles. The van der Waals surface area contributed by atoms with Gasteiger partial charge in [0.25, 0.3) is 5.91 Å². The van der Waals surface area contributed by atoms with E-state index in [0.29, 0.717) is 22.9 Å². The number of benzene rings is 2. The van der Waals surface area contributed by atoms with Crippen LogP contribution in [0.2, 0.25) is 0 Å². The molecule has 0 atom stereocenters. The van der Waals surface area contributed by atoms with Gasteiger partial charge in [-0.05, 0) is 41.8 Å². The third kappa shape index (κ3) is 6.57. The average Bonchev–Trinajstić information content (AvgIpc) is 2.65. The molecule has 0 bridgehead atoms. The predicted octanol–water partition coefficient (Wildman–Crippen LogP) is 3.50. The molecule has 0 aliphatic carbocycles. The first-order valence-corrected chi connectivity index (χ1v) is 11.5. The average molecular weight is 482 g/mol. The normalized spacial score (nSPS) is 11.7. The number of hydrogen-bond acceptors (Lipinski definition) is 5.